The number of nitrogens with one attached hydrogen (secondary N) is 2. The normalized spacial score (nSPS) is 10.3. The van der Waals surface area contributed by atoms with E-state index in [0.29, 0.717) is 30.4 Å². The highest BCUT2D eigenvalue weighted by Crippen LogP contribution is 2.21. The lowest BCUT2D eigenvalue weighted by Crippen LogP contribution is -2.15. The number of benzene rings is 1. The van der Waals surface area contributed by atoms with E-state index in [1.54, 1.807) is 13.2 Å². The molecule has 0 spiro atoms. The fourth-order valence-corrected chi connectivity index (χ4v) is 2.10. The van der Waals surface area contributed by atoms with Gasteiger partial charge in [-0.1, -0.05) is 22.0 Å². The maximum Gasteiger partial charge on any atom is 0.274 e. The first-order chi connectivity index (χ1) is 10.6. The van der Waals surface area contributed by atoms with Crippen molar-refractivity contribution in [2.24, 2.45) is 0 Å². The SMILES string of the molecule is COCCNc1cc(C(=O)Nc2ccc(C)c(Br)c2)ncn1. The zero-order valence-corrected chi connectivity index (χ0v) is 14.0. The van der Waals surface area contributed by atoms with E-state index >= 15 is 0 Å². The number of carbonyl (C=O) groups is 1. The molecule has 0 fully saturated rings. The zero-order valence-electron chi connectivity index (χ0n) is 12.4. The molecule has 6 nitrogen and oxygen atoms in total. The lowest BCUT2D eigenvalue weighted by Gasteiger charge is -2.08. The number of hydrogen-bond donors (Lipinski definition) is 2. The Morgan fingerprint density at radius 1 is 1.32 bits per heavy atom. The Bertz CT molecular complexity index is 664. The first-order valence-corrected chi connectivity index (χ1v) is 7.52. The molecule has 7 heteroatoms. The molecular formula is C15H17BrN4O2. The van der Waals surface area contributed by atoms with Gasteiger partial charge in [0, 0.05) is 29.9 Å². The monoisotopic (exact) mass is 364 g/mol. The number of halogens is 1. The molecule has 1 amide bonds. The molecular weight excluding hydrogens is 348 g/mol. The van der Waals surface area contributed by atoms with Crippen LogP contribution in [0.4, 0.5) is 11.5 Å². The summed E-state index contributed by atoms with van der Waals surface area (Å²) < 4.78 is 5.89. The van der Waals surface area contributed by atoms with Gasteiger partial charge in [-0.3, -0.25) is 4.79 Å². The van der Waals surface area contributed by atoms with Crippen molar-refractivity contribution < 1.29 is 9.53 Å². The van der Waals surface area contributed by atoms with Crippen molar-refractivity contribution in [1.29, 1.82) is 0 Å². The number of aromatic nitrogens is 2. The van der Waals surface area contributed by atoms with Gasteiger partial charge in [0.05, 0.1) is 6.61 Å². The average molecular weight is 365 g/mol. The lowest BCUT2D eigenvalue weighted by molar-refractivity contribution is 0.102. The van der Waals surface area contributed by atoms with E-state index in [2.05, 4.69) is 36.5 Å². The Hall–Kier alpha value is -1.99. The number of carbonyl (C=O) groups excluding carboxylic acids is 1. The lowest BCUT2D eigenvalue weighted by atomic mass is 10.2. The number of rotatable bonds is 6. The second kappa shape index (κ2) is 7.86. The predicted octanol–water partition coefficient (Wildman–Crippen LogP) is 2.86. The highest BCUT2D eigenvalue weighted by atomic mass is 79.9. The first-order valence-electron chi connectivity index (χ1n) is 6.72. The molecule has 2 N–H and O–H groups in total. The summed E-state index contributed by atoms with van der Waals surface area (Å²) in [7, 11) is 1.63. The third-order valence-electron chi connectivity index (χ3n) is 2.94. The van der Waals surface area contributed by atoms with Crippen molar-refractivity contribution in [1.82, 2.24) is 9.97 Å². The summed E-state index contributed by atoms with van der Waals surface area (Å²) in [6.07, 6.45) is 1.36. The fourth-order valence-electron chi connectivity index (χ4n) is 1.73. The van der Waals surface area contributed by atoms with Gasteiger partial charge in [-0.05, 0) is 24.6 Å². The van der Waals surface area contributed by atoms with E-state index in [1.807, 2.05) is 25.1 Å². The summed E-state index contributed by atoms with van der Waals surface area (Å²) in [6.45, 7) is 3.15. The minimum Gasteiger partial charge on any atom is -0.383 e. The maximum absolute atomic E-state index is 12.2. The topological polar surface area (TPSA) is 76.1 Å². The van der Waals surface area contributed by atoms with Crippen LogP contribution in [-0.2, 0) is 4.74 Å². The van der Waals surface area contributed by atoms with Crippen LogP contribution in [-0.4, -0.2) is 36.1 Å². The van der Waals surface area contributed by atoms with Crippen LogP contribution in [0.5, 0.6) is 0 Å². The highest BCUT2D eigenvalue weighted by Gasteiger charge is 2.09. The summed E-state index contributed by atoms with van der Waals surface area (Å²) in [5.41, 5.74) is 2.10. The Balaban J connectivity index is 2.05. The molecule has 2 aromatic rings. The second-order valence-corrected chi connectivity index (χ2v) is 5.48. The van der Waals surface area contributed by atoms with E-state index in [9.17, 15) is 4.79 Å². The number of amides is 1. The molecule has 0 radical (unpaired) electrons. The van der Waals surface area contributed by atoms with E-state index in [-0.39, 0.29) is 5.91 Å². The van der Waals surface area contributed by atoms with Gasteiger partial charge in [-0.25, -0.2) is 9.97 Å². The molecule has 0 saturated heterocycles. The standard InChI is InChI=1S/C15H17BrN4O2/c1-10-3-4-11(7-12(10)16)20-15(21)13-8-14(19-9-18-13)17-5-6-22-2/h3-4,7-9H,5-6H2,1-2H3,(H,20,21)(H,17,18,19). The molecule has 1 aromatic carbocycles. The zero-order chi connectivity index (χ0) is 15.9. The van der Waals surface area contributed by atoms with E-state index in [0.717, 1.165) is 10.0 Å². The molecule has 0 bridgehead atoms. The van der Waals surface area contributed by atoms with E-state index in [4.69, 9.17) is 4.74 Å². The number of hydrogen-bond acceptors (Lipinski definition) is 5. The molecule has 2 rings (SSSR count). The van der Waals surface area contributed by atoms with E-state index in [1.165, 1.54) is 6.33 Å². The van der Waals surface area contributed by atoms with Crippen LogP contribution in [0.25, 0.3) is 0 Å². The third kappa shape index (κ3) is 4.51. The molecule has 22 heavy (non-hydrogen) atoms. The predicted molar refractivity (Wildman–Crippen MR) is 89.2 cm³/mol. The number of nitrogens with zero attached hydrogens (tertiary/aromatic N) is 2. The van der Waals surface area contributed by atoms with Crippen LogP contribution >= 0.6 is 15.9 Å². The van der Waals surface area contributed by atoms with Gasteiger partial charge in [0.2, 0.25) is 0 Å². The smallest absolute Gasteiger partial charge is 0.274 e. The molecule has 0 unspecified atom stereocenters. The van der Waals surface area contributed by atoms with Crippen LogP contribution in [0.15, 0.2) is 35.1 Å². The number of anilines is 2. The van der Waals surface area contributed by atoms with Gasteiger partial charge in [-0.2, -0.15) is 0 Å². The molecule has 0 aliphatic heterocycles. The van der Waals surface area contributed by atoms with Crippen molar-refractivity contribution in [2.75, 3.05) is 30.9 Å². The van der Waals surface area contributed by atoms with Crippen molar-refractivity contribution in [3.05, 3.63) is 46.3 Å². The summed E-state index contributed by atoms with van der Waals surface area (Å²) in [5.74, 6) is 0.301. The van der Waals surface area contributed by atoms with Crippen LogP contribution in [0.1, 0.15) is 16.1 Å². The largest absolute Gasteiger partial charge is 0.383 e. The Morgan fingerprint density at radius 2 is 2.14 bits per heavy atom. The third-order valence-corrected chi connectivity index (χ3v) is 3.80. The second-order valence-electron chi connectivity index (χ2n) is 4.63. The number of aryl methyl sites for hydroxylation is 1. The maximum atomic E-state index is 12.2. The molecule has 0 aliphatic carbocycles. The van der Waals surface area contributed by atoms with Gasteiger partial charge in [0.25, 0.3) is 5.91 Å². The molecule has 116 valence electrons. The molecule has 0 aliphatic rings. The van der Waals surface area contributed by atoms with Crippen LogP contribution < -0.4 is 10.6 Å². The summed E-state index contributed by atoms with van der Waals surface area (Å²) in [5, 5.41) is 5.87. The van der Waals surface area contributed by atoms with Gasteiger partial charge in [-0.15, -0.1) is 0 Å². The van der Waals surface area contributed by atoms with Gasteiger partial charge < -0.3 is 15.4 Å². The highest BCUT2D eigenvalue weighted by molar-refractivity contribution is 9.10. The van der Waals surface area contributed by atoms with Gasteiger partial charge in [0.1, 0.15) is 17.8 Å². The summed E-state index contributed by atoms with van der Waals surface area (Å²) >= 11 is 3.44. The van der Waals surface area contributed by atoms with E-state index < -0.39 is 0 Å². The number of ether oxygens (including phenoxy) is 1. The minimum atomic E-state index is -0.284. The molecule has 1 aromatic heterocycles. The van der Waals surface area contributed by atoms with Gasteiger partial charge >= 0.3 is 0 Å². The average Bonchev–Trinajstić information content (AvgIpc) is 2.51. The molecule has 0 saturated carbocycles. The summed E-state index contributed by atoms with van der Waals surface area (Å²) in [6, 6.07) is 7.23. The molecule has 0 atom stereocenters. The fraction of sp³-hybridized carbons (Fsp3) is 0.267. The number of methoxy groups -OCH3 is 1. The first kappa shape index (κ1) is 16.4. The van der Waals surface area contributed by atoms with Crippen molar-refractivity contribution in [3.63, 3.8) is 0 Å². The Morgan fingerprint density at radius 3 is 2.86 bits per heavy atom. The van der Waals surface area contributed by atoms with Crippen molar-refractivity contribution in [2.45, 2.75) is 6.92 Å². The Labute approximate surface area is 137 Å². The van der Waals surface area contributed by atoms with Crippen molar-refractivity contribution in [3.8, 4) is 0 Å². The quantitative estimate of drug-likeness (QED) is 0.770. The van der Waals surface area contributed by atoms with Crippen LogP contribution in [0.3, 0.4) is 0 Å². The van der Waals surface area contributed by atoms with Crippen molar-refractivity contribution >= 4 is 33.3 Å². The molecule has 1 heterocycles. The Kier molecular flexibility index (Phi) is 5.85. The minimum absolute atomic E-state index is 0.284. The van der Waals surface area contributed by atoms with Crippen LogP contribution in [0, 0.1) is 6.92 Å². The van der Waals surface area contributed by atoms with Gasteiger partial charge in [0.15, 0.2) is 0 Å². The van der Waals surface area contributed by atoms with Crippen LogP contribution in [0.2, 0.25) is 0 Å². The summed E-state index contributed by atoms with van der Waals surface area (Å²) in [4.78, 5) is 20.3.